The maximum Gasteiger partial charge on any atom is 0.422 e. The van der Waals surface area contributed by atoms with Gasteiger partial charge in [0.25, 0.3) is 5.69 Å². The van der Waals surface area contributed by atoms with Crippen molar-refractivity contribution >= 4 is 17.9 Å². The van der Waals surface area contributed by atoms with Gasteiger partial charge < -0.3 is 5.73 Å². The van der Waals surface area contributed by atoms with E-state index in [4.69, 9.17) is 11.1 Å². The lowest BCUT2D eigenvalue weighted by Crippen LogP contribution is -2.25. The number of rotatable bonds is 3. The fraction of sp³-hybridized carbons (Fsp3) is 0.111. The summed E-state index contributed by atoms with van der Waals surface area (Å²) in [4.78, 5) is 9.47. The summed E-state index contributed by atoms with van der Waals surface area (Å²) >= 11 is 0. The van der Waals surface area contributed by atoms with Crippen LogP contribution in [-0.4, -0.2) is 17.1 Å². The van der Waals surface area contributed by atoms with Gasteiger partial charge in [-0.25, -0.2) is 5.43 Å². The molecule has 1 aromatic rings. The number of hydrazone groups is 1. The van der Waals surface area contributed by atoms with Gasteiger partial charge in [0.05, 0.1) is 11.1 Å². The molecule has 102 valence electrons. The third-order valence-electron chi connectivity index (χ3n) is 1.92. The first-order valence-electron chi connectivity index (χ1n) is 4.70. The molecule has 19 heavy (non-hydrogen) atoms. The molecule has 0 saturated heterocycles. The van der Waals surface area contributed by atoms with Crippen molar-refractivity contribution in [1.29, 1.82) is 5.41 Å². The molecule has 0 aliphatic rings. The van der Waals surface area contributed by atoms with E-state index in [1.165, 1.54) is 0 Å². The third-order valence-corrected chi connectivity index (χ3v) is 1.92. The Balaban J connectivity index is 3.14. The molecule has 7 nitrogen and oxygen atoms in total. The van der Waals surface area contributed by atoms with E-state index in [9.17, 15) is 23.3 Å². The Morgan fingerprint density at radius 2 is 2.16 bits per heavy atom. The van der Waals surface area contributed by atoms with Crippen molar-refractivity contribution in [3.05, 3.63) is 39.4 Å². The van der Waals surface area contributed by atoms with Crippen molar-refractivity contribution in [2.75, 3.05) is 0 Å². The lowest BCUT2D eigenvalue weighted by molar-refractivity contribution is -0.388. The summed E-state index contributed by atoms with van der Waals surface area (Å²) in [5, 5.41) is 20.8. The van der Waals surface area contributed by atoms with Crippen LogP contribution >= 0.6 is 0 Å². The van der Waals surface area contributed by atoms with Crippen molar-refractivity contribution < 1.29 is 18.1 Å². The van der Waals surface area contributed by atoms with Gasteiger partial charge in [0, 0.05) is 11.6 Å². The molecule has 0 spiro atoms. The summed E-state index contributed by atoms with van der Waals surface area (Å²) in [5.74, 6) is -0.474. The second-order valence-electron chi connectivity index (χ2n) is 3.32. The first-order valence-corrected chi connectivity index (χ1v) is 4.70. The molecule has 1 rings (SSSR count). The second kappa shape index (κ2) is 5.33. The van der Waals surface area contributed by atoms with Crippen LogP contribution in [0.3, 0.4) is 0 Å². The topological polar surface area (TPSA) is 117 Å². The lowest BCUT2D eigenvalue weighted by atomic mass is 10.1. The van der Waals surface area contributed by atoms with Crippen LogP contribution in [0, 0.1) is 15.5 Å². The van der Waals surface area contributed by atoms with Gasteiger partial charge in [-0.05, 0) is 6.07 Å². The molecule has 0 saturated carbocycles. The van der Waals surface area contributed by atoms with Crippen molar-refractivity contribution in [2.24, 2.45) is 10.8 Å². The van der Waals surface area contributed by atoms with Crippen LogP contribution in [0.2, 0.25) is 0 Å². The van der Waals surface area contributed by atoms with Crippen molar-refractivity contribution in [2.45, 2.75) is 6.18 Å². The zero-order valence-corrected chi connectivity index (χ0v) is 9.23. The van der Waals surface area contributed by atoms with Gasteiger partial charge in [-0.2, -0.15) is 18.3 Å². The molecule has 4 N–H and O–H groups in total. The number of nitrogens with zero attached hydrogens (tertiary/aromatic N) is 2. The Kier molecular flexibility index (Phi) is 4.04. The van der Waals surface area contributed by atoms with Crippen LogP contribution in [0.5, 0.6) is 0 Å². The van der Waals surface area contributed by atoms with E-state index in [2.05, 4.69) is 5.10 Å². The van der Waals surface area contributed by atoms with Gasteiger partial charge in [0.2, 0.25) is 5.96 Å². The van der Waals surface area contributed by atoms with Gasteiger partial charge in [0.15, 0.2) is 0 Å². The minimum atomic E-state index is -4.81. The minimum Gasteiger partial charge on any atom is -0.369 e. The third kappa shape index (κ3) is 3.94. The predicted molar refractivity (Wildman–Crippen MR) is 60.7 cm³/mol. The molecule has 10 heteroatoms. The Labute approximate surface area is 104 Å². The van der Waals surface area contributed by atoms with Crippen molar-refractivity contribution in [1.82, 2.24) is 5.43 Å². The van der Waals surface area contributed by atoms with Crippen LogP contribution in [0.4, 0.5) is 18.9 Å². The summed E-state index contributed by atoms with van der Waals surface area (Å²) in [6, 6.07) is 2.34. The number of nitrogens with one attached hydrogen (secondary N) is 2. The Bertz CT molecular complexity index is 541. The normalized spacial score (nSPS) is 11.5. The number of nitro groups is 1. The molecule has 0 unspecified atom stereocenters. The van der Waals surface area contributed by atoms with Crippen LogP contribution in [0.25, 0.3) is 0 Å². The smallest absolute Gasteiger partial charge is 0.369 e. The molecule has 0 atom stereocenters. The van der Waals surface area contributed by atoms with E-state index in [1.807, 2.05) is 5.43 Å². The number of nitro benzene ring substituents is 1. The minimum absolute atomic E-state index is 0.0634. The Hall–Kier alpha value is -2.65. The summed E-state index contributed by atoms with van der Waals surface area (Å²) in [7, 11) is 0. The van der Waals surface area contributed by atoms with Gasteiger partial charge in [-0.3, -0.25) is 15.5 Å². The zero-order valence-electron chi connectivity index (χ0n) is 9.23. The van der Waals surface area contributed by atoms with Crippen molar-refractivity contribution in [3.8, 4) is 0 Å². The lowest BCUT2D eigenvalue weighted by Gasteiger charge is -2.07. The summed E-state index contributed by atoms with van der Waals surface area (Å²) < 4.78 is 37.5. The largest absolute Gasteiger partial charge is 0.422 e. The van der Waals surface area contributed by atoms with E-state index < -0.39 is 28.3 Å². The highest BCUT2D eigenvalue weighted by atomic mass is 19.4. The van der Waals surface area contributed by atoms with E-state index in [0.717, 1.165) is 18.3 Å². The van der Waals surface area contributed by atoms with E-state index >= 15 is 0 Å². The number of benzene rings is 1. The van der Waals surface area contributed by atoms with E-state index in [0.29, 0.717) is 6.07 Å². The van der Waals surface area contributed by atoms with Crippen LogP contribution in [0.15, 0.2) is 23.3 Å². The summed E-state index contributed by atoms with van der Waals surface area (Å²) in [6.45, 7) is 0. The SMILES string of the molecule is N=C(N)N/N=C/c1ccc(C(F)(F)F)c([N+](=O)[O-])c1. The average Bonchev–Trinajstić information content (AvgIpc) is 2.26. The Morgan fingerprint density at radius 3 is 2.63 bits per heavy atom. The number of nitrogens with two attached hydrogens (primary N) is 1. The van der Waals surface area contributed by atoms with Gasteiger partial charge in [-0.1, -0.05) is 6.07 Å². The van der Waals surface area contributed by atoms with Crippen LogP contribution < -0.4 is 11.2 Å². The highest BCUT2D eigenvalue weighted by Gasteiger charge is 2.38. The maximum absolute atomic E-state index is 12.5. The van der Waals surface area contributed by atoms with Crippen LogP contribution in [0.1, 0.15) is 11.1 Å². The molecular weight excluding hydrogens is 267 g/mol. The van der Waals surface area contributed by atoms with Crippen LogP contribution in [-0.2, 0) is 6.18 Å². The molecule has 0 radical (unpaired) electrons. The number of hydrogen-bond donors (Lipinski definition) is 3. The number of alkyl halides is 3. The molecule has 0 heterocycles. The molecular formula is C9H8F3N5O2. The average molecular weight is 275 g/mol. The van der Waals surface area contributed by atoms with E-state index in [1.54, 1.807) is 0 Å². The first-order chi connectivity index (χ1) is 8.71. The number of guanidine groups is 1. The summed E-state index contributed by atoms with van der Waals surface area (Å²) in [5.41, 5.74) is 4.60. The van der Waals surface area contributed by atoms with E-state index in [-0.39, 0.29) is 5.56 Å². The molecule has 0 aliphatic heterocycles. The molecule has 0 amide bonds. The zero-order chi connectivity index (χ0) is 14.6. The molecule has 0 aliphatic carbocycles. The molecule has 0 aromatic heterocycles. The highest BCUT2D eigenvalue weighted by Crippen LogP contribution is 2.36. The number of halogens is 3. The maximum atomic E-state index is 12.5. The highest BCUT2D eigenvalue weighted by molar-refractivity contribution is 5.83. The van der Waals surface area contributed by atoms with Gasteiger partial charge in [0.1, 0.15) is 5.56 Å². The fourth-order valence-electron chi connectivity index (χ4n) is 1.20. The molecule has 1 aromatic carbocycles. The number of hydrogen-bond acceptors (Lipinski definition) is 4. The van der Waals surface area contributed by atoms with Crippen molar-refractivity contribution in [3.63, 3.8) is 0 Å². The first kappa shape index (κ1) is 14.4. The van der Waals surface area contributed by atoms with Gasteiger partial charge in [-0.15, -0.1) is 0 Å². The predicted octanol–water partition coefficient (Wildman–Crippen LogP) is 1.43. The fourth-order valence-corrected chi connectivity index (χ4v) is 1.20. The standard InChI is InChI=1S/C9H8F3N5O2/c10-9(11,12)6-2-1-5(3-7(6)17(18)19)4-15-16-8(13)14/h1-4H,(H4,13,14,16)/b15-4+. The molecule has 0 fully saturated rings. The second-order valence-corrected chi connectivity index (χ2v) is 3.32. The summed E-state index contributed by atoms with van der Waals surface area (Å²) in [6.07, 6.45) is -3.80. The quantitative estimate of drug-likeness (QED) is 0.334. The monoisotopic (exact) mass is 275 g/mol. The van der Waals surface area contributed by atoms with Gasteiger partial charge >= 0.3 is 6.18 Å². The molecule has 0 bridgehead atoms. The Morgan fingerprint density at radius 1 is 1.53 bits per heavy atom.